The standard InChI is InChI=1S/C21H28N4O4/c26-17-7-2-1-6-16(17)23-12-14-24(15-13-23)18(27)8-5-11-25-19(28)21(22-20(25)29)9-3-4-10-21/h1-2,6-7,26H,3-5,8-15H2,(H,22,29). The fourth-order valence-electron chi connectivity index (χ4n) is 4.67. The van der Waals surface area contributed by atoms with Crippen molar-refractivity contribution in [2.45, 2.75) is 44.1 Å². The number of hydrogen-bond donors (Lipinski definition) is 2. The number of amides is 4. The summed E-state index contributed by atoms with van der Waals surface area (Å²) in [5.74, 6) is 0.175. The molecule has 4 amide bonds. The van der Waals surface area contributed by atoms with Crippen molar-refractivity contribution in [2.24, 2.45) is 0 Å². The Morgan fingerprint density at radius 2 is 1.76 bits per heavy atom. The fourth-order valence-corrected chi connectivity index (χ4v) is 4.67. The zero-order valence-electron chi connectivity index (χ0n) is 16.6. The topological polar surface area (TPSA) is 93.2 Å². The normalized spacial score (nSPS) is 21.2. The van der Waals surface area contributed by atoms with Crippen molar-refractivity contribution in [3.63, 3.8) is 0 Å². The molecule has 1 aliphatic carbocycles. The average Bonchev–Trinajstić information content (AvgIpc) is 3.28. The van der Waals surface area contributed by atoms with Gasteiger partial charge in [0.05, 0.1) is 5.69 Å². The van der Waals surface area contributed by atoms with Crippen LogP contribution in [0.1, 0.15) is 38.5 Å². The molecule has 2 N–H and O–H groups in total. The number of urea groups is 1. The van der Waals surface area contributed by atoms with Crippen LogP contribution in [0.4, 0.5) is 10.5 Å². The number of carbonyl (C=O) groups excluding carboxylic acids is 3. The second-order valence-electron chi connectivity index (χ2n) is 8.14. The van der Waals surface area contributed by atoms with Gasteiger partial charge in [-0.25, -0.2) is 4.79 Å². The monoisotopic (exact) mass is 400 g/mol. The lowest BCUT2D eigenvalue weighted by atomic mass is 9.98. The molecular formula is C21H28N4O4. The molecule has 0 unspecified atom stereocenters. The Bertz CT molecular complexity index is 798. The van der Waals surface area contributed by atoms with Crippen LogP contribution >= 0.6 is 0 Å². The third-order valence-electron chi connectivity index (χ3n) is 6.33. The van der Waals surface area contributed by atoms with Gasteiger partial charge in [0.15, 0.2) is 0 Å². The van der Waals surface area contributed by atoms with Crippen LogP contribution in [0.15, 0.2) is 24.3 Å². The predicted octanol–water partition coefficient (Wildman–Crippen LogP) is 1.69. The van der Waals surface area contributed by atoms with Crippen molar-refractivity contribution < 1.29 is 19.5 Å². The largest absolute Gasteiger partial charge is 0.506 e. The van der Waals surface area contributed by atoms with Crippen molar-refractivity contribution in [2.75, 3.05) is 37.6 Å². The van der Waals surface area contributed by atoms with E-state index in [0.29, 0.717) is 51.9 Å². The summed E-state index contributed by atoms with van der Waals surface area (Å²) in [7, 11) is 0. The van der Waals surface area contributed by atoms with E-state index in [0.717, 1.165) is 18.5 Å². The summed E-state index contributed by atoms with van der Waals surface area (Å²) < 4.78 is 0. The van der Waals surface area contributed by atoms with Crippen LogP contribution in [0.25, 0.3) is 0 Å². The highest BCUT2D eigenvalue weighted by Gasteiger charge is 2.52. The van der Waals surface area contributed by atoms with Gasteiger partial charge < -0.3 is 20.2 Å². The van der Waals surface area contributed by atoms with Crippen LogP contribution in [0.3, 0.4) is 0 Å². The number of carbonyl (C=O) groups is 3. The summed E-state index contributed by atoms with van der Waals surface area (Å²) in [6.07, 6.45) is 4.16. The molecule has 2 aliphatic heterocycles. The number of phenolic OH excluding ortho intramolecular Hbond substituents is 1. The summed E-state index contributed by atoms with van der Waals surface area (Å²) in [5, 5.41) is 12.9. The van der Waals surface area contributed by atoms with Crippen LogP contribution in [0.2, 0.25) is 0 Å². The van der Waals surface area contributed by atoms with Gasteiger partial charge in [-0.3, -0.25) is 14.5 Å². The zero-order chi connectivity index (χ0) is 20.4. The summed E-state index contributed by atoms with van der Waals surface area (Å²) >= 11 is 0. The van der Waals surface area contributed by atoms with Gasteiger partial charge in [0.2, 0.25) is 5.91 Å². The van der Waals surface area contributed by atoms with Crippen molar-refractivity contribution in [1.82, 2.24) is 15.1 Å². The summed E-state index contributed by atoms with van der Waals surface area (Å²) in [6, 6.07) is 6.90. The minimum atomic E-state index is -0.680. The maximum atomic E-state index is 12.6. The van der Waals surface area contributed by atoms with E-state index in [1.165, 1.54) is 4.90 Å². The molecule has 0 radical (unpaired) electrons. The molecule has 8 nitrogen and oxygen atoms in total. The number of hydrogen-bond acceptors (Lipinski definition) is 5. The number of para-hydroxylation sites is 2. The number of phenols is 1. The number of anilines is 1. The molecule has 4 rings (SSSR count). The Balaban J connectivity index is 1.23. The first-order valence-corrected chi connectivity index (χ1v) is 10.4. The van der Waals surface area contributed by atoms with Gasteiger partial charge in [-0.15, -0.1) is 0 Å². The Morgan fingerprint density at radius 3 is 2.45 bits per heavy atom. The molecular weight excluding hydrogens is 372 g/mol. The number of imide groups is 1. The Morgan fingerprint density at radius 1 is 1.07 bits per heavy atom. The van der Waals surface area contributed by atoms with Crippen LogP contribution in [-0.2, 0) is 9.59 Å². The van der Waals surface area contributed by atoms with E-state index in [9.17, 15) is 19.5 Å². The van der Waals surface area contributed by atoms with E-state index in [2.05, 4.69) is 10.2 Å². The molecule has 0 aromatic heterocycles. The highest BCUT2D eigenvalue weighted by Crippen LogP contribution is 2.35. The SMILES string of the molecule is O=C(CCCN1C(=O)NC2(CCCC2)C1=O)N1CCN(c2ccccc2O)CC1. The molecule has 8 heteroatoms. The lowest BCUT2D eigenvalue weighted by molar-refractivity contribution is -0.133. The third kappa shape index (κ3) is 3.75. The summed E-state index contributed by atoms with van der Waals surface area (Å²) in [4.78, 5) is 42.6. The van der Waals surface area contributed by atoms with E-state index < -0.39 is 5.54 Å². The van der Waals surface area contributed by atoms with E-state index >= 15 is 0 Å². The molecule has 1 spiro atoms. The number of aromatic hydroxyl groups is 1. The number of benzene rings is 1. The lowest BCUT2D eigenvalue weighted by Gasteiger charge is -2.36. The molecule has 2 saturated heterocycles. The van der Waals surface area contributed by atoms with Gasteiger partial charge in [0.1, 0.15) is 11.3 Å². The second kappa shape index (κ2) is 7.93. The van der Waals surface area contributed by atoms with E-state index in [4.69, 9.17) is 0 Å². The molecule has 2 heterocycles. The van der Waals surface area contributed by atoms with Crippen molar-refractivity contribution in [3.8, 4) is 5.75 Å². The smallest absolute Gasteiger partial charge is 0.325 e. The maximum Gasteiger partial charge on any atom is 0.325 e. The van der Waals surface area contributed by atoms with Crippen molar-refractivity contribution in [3.05, 3.63) is 24.3 Å². The van der Waals surface area contributed by atoms with Crippen molar-refractivity contribution >= 4 is 23.5 Å². The third-order valence-corrected chi connectivity index (χ3v) is 6.33. The lowest BCUT2D eigenvalue weighted by Crippen LogP contribution is -2.49. The highest BCUT2D eigenvalue weighted by atomic mass is 16.3. The van der Waals surface area contributed by atoms with Crippen LogP contribution in [-0.4, -0.2) is 71.0 Å². The second-order valence-corrected chi connectivity index (χ2v) is 8.14. The van der Waals surface area contributed by atoms with Crippen LogP contribution in [0.5, 0.6) is 5.75 Å². The first kappa shape index (κ1) is 19.5. The summed E-state index contributed by atoms with van der Waals surface area (Å²) in [6.45, 7) is 2.81. The highest BCUT2D eigenvalue weighted by molar-refractivity contribution is 6.07. The first-order valence-electron chi connectivity index (χ1n) is 10.4. The van der Waals surface area contributed by atoms with E-state index in [-0.39, 0.29) is 30.1 Å². The molecule has 1 aromatic carbocycles. The fraction of sp³-hybridized carbons (Fsp3) is 0.571. The summed E-state index contributed by atoms with van der Waals surface area (Å²) in [5.41, 5.74) is 0.111. The Labute approximate surface area is 170 Å². The molecule has 0 atom stereocenters. The Kier molecular flexibility index (Phi) is 5.34. The number of rotatable bonds is 5. The van der Waals surface area contributed by atoms with Gasteiger partial charge in [-0.05, 0) is 31.4 Å². The number of piperazine rings is 1. The molecule has 29 heavy (non-hydrogen) atoms. The molecule has 1 saturated carbocycles. The van der Waals surface area contributed by atoms with Gasteiger partial charge in [0, 0.05) is 39.1 Å². The van der Waals surface area contributed by atoms with Gasteiger partial charge >= 0.3 is 6.03 Å². The number of nitrogens with zero attached hydrogens (tertiary/aromatic N) is 3. The van der Waals surface area contributed by atoms with Crippen LogP contribution in [0, 0.1) is 0 Å². The van der Waals surface area contributed by atoms with Crippen molar-refractivity contribution in [1.29, 1.82) is 0 Å². The average molecular weight is 400 g/mol. The molecule has 3 fully saturated rings. The van der Waals surface area contributed by atoms with Gasteiger partial charge in [-0.1, -0.05) is 25.0 Å². The predicted molar refractivity (Wildman–Crippen MR) is 108 cm³/mol. The molecule has 0 bridgehead atoms. The quantitative estimate of drug-likeness (QED) is 0.734. The number of nitrogens with one attached hydrogen (secondary N) is 1. The van der Waals surface area contributed by atoms with Crippen LogP contribution < -0.4 is 10.2 Å². The van der Waals surface area contributed by atoms with Gasteiger partial charge in [0.25, 0.3) is 5.91 Å². The van der Waals surface area contributed by atoms with E-state index in [1.54, 1.807) is 12.1 Å². The molecule has 3 aliphatic rings. The van der Waals surface area contributed by atoms with Gasteiger partial charge in [-0.2, -0.15) is 0 Å². The van der Waals surface area contributed by atoms with E-state index in [1.807, 2.05) is 17.0 Å². The first-order chi connectivity index (χ1) is 14.0. The maximum absolute atomic E-state index is 12.6. The Hall–Kier alpha value is -2.77. The zero-order valence-corrected chi connectivity index (χ0v) is 16.6. The minimum Gasteiger partial charge on any atom is -0.506 e. The minimum absolute atomic E-state index is 0.0459. The molecule has 1 aromatic rings. The molecule has 156 valence electrons.